The summed E-state index contributed by atoms with van der Waals surface area (Å²) in [6.45, 7) is 5.02. The predicted molar refractivity (Wildman–Crippen MR) is 146 cm³/mol. The van der Waals surface area contributed by atoms with Gasteiger partial charge in [-0.3, -0.25) is 9.69 Å². The zero-order valence-electron chi connectivity index (χ0n) is 20.5. The van der Waals surface area contributed by atoms with Crippen LogP contribution >= 0.6 is 23.4 Å². The molecule has 0 radical (unpaired) electrons. The Morgan fingerprint density at radius 2 is 1.89 bits per heavy atom. The summed E-state index contributed by atoms with van der Waals surface area (Å²) in [6, 6.07) is 20.6. The van der Waals surface area contributed by atoms with Crippen LogP contribution in [0.1, 0.15) is 36.5 Å². The van der Waals surface area contributed by atoms with Crippen molar-refractivity contribution in [2.75, 3.05) is 29.6 Å². The van der Waals surface area contributed by atoms with Crippen LogP contribution in [0.15, 0.2) is 66.7 Å². The molecule has 0 aliphatic carbocycles. The summed E-state index contributed by atoms with van der Waals surface area (Å²) in [5, 5.41) is 3.60. The van der Waals surface area contributed by atoms with Gasteiger partial charge in [0, 0.05) is 28.6 Å². The number of halogens is 1. The number of anilines is 2. The predicted octanol–water partition coefficient (Wildman–Crippen LogP) is 6.45. The molecule has 1 atom stereocenters. The first kappa shape index (κ1) is 24.5. The number of thioether (sulfide) groups is 1. The Kier molecular flexibility index (Phi) is 6.62. The largest absolute Gasteiger partial charge is 0.497 e. The zero-order chi connectivity index (χ0) is 25.4. The lowest BCUT2D eigenvalue weighted by Gasteiger charge is -2.33. The van der Waals surface area contributed by atoms with Gasteiger partial charge in [-0.05, 0) is 53.4 Å². The molecule has 2 heterocycles. The number of rotatable bonds is 5. The lowest BCUT2D eigenvalue weighted by atomic mass is 10.0. The van der Waals surface area contributed by atoms with Crippen molar-refractivity contribution in [3.63, 3.8) is 0 Å². The molecule has 1 saturated heterocycles. The van der Waals surface area contributed by atoms with E-state index >= 15 is 0 Å². The second-order valence-corrected chi connectivity index (χ2v) is 10.9. The Balaban J connectivity index is 1.51. The van der Waals surface area contributed by atoms with E-state index in [-0.39, 0.29) is 11.9 Å². The molecule has 36 heavy (non-hydrogen) atoms. The third-order valence-corrected chi connectivity index (χ3v) is 8.55. The molecule has 1 spiro atoms. The van der Waals surface area contributed by atoms with Crippen LogP contribution in [0, 0.1) is 0 Å². The van der Waals surface area contributed by atoms with E-state index in [0.29, 0.717) is 41.2 Å². The first-order chi connectivity index (χ1) is 17.3. The van der Waals surface area contributed by atoms with Crippen LogP contribution in [-0.2, 0) is 16.2 Å². The van der Waals surface area contributed by atoms with Crippen molar-refractivity contribution in [1.29, 1.82) is 0 Å². The van der Waals surface area contributed by atoms with Crippen LogP contribution in [0.3, 0.4) is 0 Å². The first-order valence-electron chi connectivity index (χ1n) is 11.9. The number of carbonyl (C=O) groups excluding carboxylic acids is 2. The standard InChI is InChI=1S/C28H28ClN3O3S/c1-18(2)19-8-10-21(11-9-19)30-27(34)32-14-15-36-28(32)23-16-22(35-3)12-13-25(23)31(26(28)33)17-20-6-4-5-7-24(20)29/h4-13,16,18H,14-15,17H2,1-3H3,(H,30,34)/t28-/m1/s1. The molecule has 1 fully saturated rings. The van der Waals surface area contributed by atoms with Crippen molar-refractivity contribution < 1.29 is 14.3 Å². The molecule has 8 heteroatoms. The lowest BCUT2D eigenvalue weighted by Crippen LogP contribution is -2.51. The smallest absolute Gasteiger partial charge is 0.323 e. The van der Waals surface area contributed by atoms with Crippen LogP contribution in [-0.4, -0.2) is 36.2 Å². The van der Waals surface area contributed by atoms with Gasteiger partial charge in [0.15, 0.2) is 4.87 Å². The number of fused-ring (bicyclic) bond motifs is 2. The van der Waals surface area contributed by atoms with Crippen molar-refractivity contribution in [2.24, 2.45) is 0 Å². The Bertz CT molecular complexity index is 1310. The maximum atomic E-state index is 14.2. The Labute approximate surface area is 220 Å². The fourth-order valence-electron chi connectivity index (χ4n) is 4.82. The lowest BCUT2D eigenvalue weighted by molar-refractivity contribution is -0.123. The van der Waals surface area contributed by atoms with Crippen LogP contribution in [0.5, 0.6) is 5.75 Å². The fourth-order valence-corrected chi connectivity index (χ4v) is 6.47. The minimum absolute atomic E-state index is 0.154. The summed E-state index contributed by atoms with van der Waals surface area (Å²) in [7, 11) is 1.60. The molecular formula is C28H28ClN3O3S. The molecule has 0 aromatic heterocycles. The SMILES string of the molecule is COc1ccc2c(c1)[C@@]1(SCCN1C(=O)Nc1ccc(C(C)C)cc1)C(=O)N2Cc1ccccc1Cl. The number of nitrogens with one attached hydrogen (secondary N) is 1. The molecule has 3 aromatic carbocycles. The van der Waals surface area contributed by atoms with Crippen molar-refractivity contribution in [3.05, 3.63) is 88.4 Å². The Morgan fingerprint density at radius 1 is 1.14 bits per heavy atom. The molecule has 2 aliphatic rings. The van der Waals surface area contributed by atoms with E-state index in [1.54, 1.807) is 16.9 Å². The molecule has 0 bridgehead atoms. The van der Waals surface area contributed by atoms with Crippen molar-refractivity contribution in [2.45, 2.75) is 31.2 Å². The van der Waals surface area contributed by atoms with Crippen molar-refractivity contribution in [1.82, 2.24) is 4.90 Å². The summed E-state index contributed by atoms with van der Waals surface area (Å²) in [6.07, 6.45) is 0. The van der Waals surface area contributed by atoms with Crippen molar-refractivity contribution in [3.8, 4) is 5.75 Å². The number of hydrogen-bond donors (Lipinski definition) is 1. The van der Waals surface area contributed by atoms with E-state index in [1.165, 1.54) is 17.3 Å². The van der Waals surface area contributed by atoms with E-state index in [2.05, 4.69) is 19.2 Å². The van der Waals surface area contributed by atoms with E-state index in [1.807, 2.05) is 66.7 Å². The number of nitrogens with zero attached hydrogens (tertiary/aromatic N) is 2. The number of ether oxygens (including phenoxy) is 1. The van der Waals surface area contributed by atoms with Gasteiger partial charge in [-0.25, -0.2) is 4.79 Å². The highest BCUT2D eigenvalue weighted by molar-refractivity contribution is 8.01. The highest BCUT2D eigenvalue weighted by Gasteiger charge is 2.59. The second kappa shape index (κ2) is 9.71. The number of amides is 3. The van der Waals surface area contributed by atoms with Gasteiger partial charge in [0.1, 0.15) is 5.75 Å². The summed E-state index contributed by atoms with van der Waals surface area (Å²) in [5.41, 5.74) is 4.25. The van der Waals surface area contributed by atoms with Gasteiger partial charge < -0.3 is 15.0 Å². The normalized spacial score (nSPS) is 18.8. The molecule has 1 N–H and O–H groups in total. The zero-order valence-corrected chi connectivity index (χ0v) is 22.0. The Morgan fingerprint density at radius 3 is 2.58 bits per heavy atom. The summed E-state index contributed by atoms with van der Waals surface area (Å²) in [5.74, 6) is 1.53. The van der Waals surface area contributed by atoms with Gasteiger partial charge in [-0.1, -0.05) is 55.8 Å². The maximum Gasteiger partial charge on any atom is 0.323 e. The summed E-state index contributed by atoms with van der Waals surface area (Å²) < 4.78 is 5.49. The third kappa shape index (κ3) is 4.10. The van der Waals surface area contributed by atoms with Gasteiger partial charge in [-0.15, -0.1) is 11.8 Å². The van der Waals surface area contributed by atoms with Crippen molar-refractivity contribution >= 4 is 46.7 Å². The number of hydrogen-bond acceptors (Lipinski definition) is 4. The number of carbonyl (C=O) groups is 2. The van der Waals surface area contributed by atoms with E-state index in [9.17, 15) is 9.59 Å². The molecule has 6 nitrogen and oxygen atoms in total. The monoisotopic (exact) mass is 521 g/mol. The van der Waals surface area contributed by atoms with Gasteiger partial charge >= 0.3 is 6.03 Å². The van der Waals surface area contributed by atoms with Crippen LogP contribution < -0.4 is 15.0 Å². The van der Waals surface area contributed by atoms with Gasteiger partial charge in [0.25, 0.3) is 5.91 Å². The molecule has 186 valence electrons. The third-order valence-electron chi connectivity index (χ3n) is 6.76. The van der Waals surface area contributed by atoms with E-state index < -0.39 is 4.87 Å². The average molecular weight is 522 g/mol. The molecule has 0 unspecified atom stereocenters. The maximum absolute atomic E-state index is 14.2. The van der Waals surface area contributed by atoms with Gasteiger partial charge in [-0.2, -0.15) is 0 Å². The molecule has 3 aromatic rings. The number of benzene rings is 3. The molecule has 5 rings (SSSR count). The average Bonchev–Trinajstić information content (AvgIpc) is 3.42. The molecular weight excluding hydrogens is 494 g/mol. The van der Waals surface area contributed by atoms with Crippen LogP contribution in [0.4, 0.5) is 16.2 Å². The van der Waals surface area contributed by atoms with E-state index in [4.69, 9.17) is 16.3 Å². The topological polar surface area (TPSA) is 61.9 Å². The molecule has 2 aliphatic heterocycles. The van der Waals surface area contributed by atoms with Gasteiger partial charge in [0.05, 0.1) is 19.3 Å². The highest BCUT2D eigenvalue weighted by atomic mass is 35.5. The summed E-state index contributed by atoms with van der Waals surface area (Å²) >= 11 is 7.92. The second-order valence-electron chi connectivity index (χ2n) is 9.22. The quantitative estimate of drug-likeness (QED) is 0.419. The van der Waals surface area contributed by atoms with Crippen LogP contribution in [0.2, 0.25) is 5.02 Å². The fraction of sp³-hybridized carbons (Fsp3) is 0.286. The minimum atomic E-state index is -1.17. The van der Waals surface area contributed by atoms with E-state index in [0.717, 1.165) is 16.8 Å². The molecule has 3 amide bonds. The van der Waals surface area contributed by atoms with Gasteiger partial charge in [0.2, 0.25) is 0 Å². The number of urea groups is 1. The summed E-state index contributed by atoms with van der Waals surface area (Å²) in [4.78, 5) is 30.0. The Hall–Kier alpha value is -3.16. The van der Waals surface area contributed by atoms with Crippen LogP contribution in [0.25, 0.3) is 0 Å². The minimum Gasteiger partial charge on any atom is -0.497 e. The number of methoxy groups -OCH3 is 1. The molecule has 0 saturated carbocycles. The first-order valence-corrected chi connectivity index (χ1v) is 13.3. The highest BCUT2D eigenvalue weighted by Crippen LogP contribution is 2.55.